The molecule has 5 heteroatoms. The van der Waals surface area contributed by atoms with Crippen molar-refractivity contribution in [1.29, 1.82) is 0 Å². The summed E-state index contributed by atoms with van der Waals surface area (Å²) in [5.74, 6) is 0.579. The zero-order valence-corrected chi connectivity index (χ0v) is 8.50. The highest BCUT2D eigenvalue weighted by molar-refractivity contribution is 5.85. The fraction of sp³-hybridized carbons (Fsp3) is 0.444. The molecule has 0 aromatic carbocycles. The van der Waals surface area contributed by atoms with E-state index in [1.807, 2.05) is 0 Å². The number of hydrogen-bond donors (Lipinski definition) is 1. The average molecular weight is 217 g/mol. The predicted octanol–water partition coefficient (Wildman–Crippen LogP) is 1.25. The largest absolute Gasteiger partial charge is 0.472 e. The standard InChI is InChI=1S/C9H12N2O2.ClH/c10-7-1-3-11-9(5-7)13-8-2-4-12-6-8;/h1,3,5,8H,2,4,6H2,(H2,10,11);1H. The van der Waals surface area contributed by atoms with Gasteiger partial charge in [0.25, 0.3) is 0 Å². The van der Waals surface area contributed by atoms with E-state index in [1.54, 1.807) is 18.3 Å². The maximum absolute atomic E-state index is 5.58. The number of hydrogen-bond acceptors (Lipinski definition) is 4. The number of nitrogen functional groups attached to an aromatic ring is 1. The number of halogens is 1. The van der Waals surface area contributed by atoms with Crippen molar-refractivity contribution < 1.29 is 9.47 Å². The molecule has 1 aliphatic heterocycles. The normalized spacial score (nSPS) is 20.1. The number of anilines is 1. The van der Waals surface area contributed by atoms with Crippen LogP contribution in [0, 0.1) is 0 Å². The molecule has 1 atom stereocenters. The van der Waals surface area contributed by atoms with Crippen LogP contribution in [0.2, 0.25) is 0 Å². The van der Waals surface area contributed by atoms with E-state index < -0.39 is 0 Å². The summed E-state index contributed by atoms with van der Waals surface area (Å²) < 4.78 is 10.7. The number of ether oxygens (including phenoxy) is 2. The Morgan fingerprint density at radius 3 is 3.07 bits per heavy atom. The summed E-state index contributed by atoms with van der Waals surface area (Å²) in [6.45, 7) is 1.42. The number of nitrogens with zero attached hydrogens (tertiary/aromatic N) is 1. The summed E-state index contributed by atoms with van der Waals surface area (Å²) >= 11 is 0. The highest BCUT2D eigenvalue weighted by Gasteiger charge is 2.17. The molecule has 0 bridgehead atoms. The van der Waals surface area contributed by atoms with Gasteiger partial charge in [0.2, 0.25) is 5.88 Å². The molecule has 14 heavy (non-hydrogen) atoms. The summed E-state index contributed by atoms with van der Waals surface area (Å²) in [4.78, 5) is 4.05. The first-order valence-corrected chi connectivity index (χ1v) is 4.30. The van der Waals surface area contributed by atoms with E-state index in [1.165, 1.54) is 0 Å². The molecule has 0 radical (unpaired) electrons. The number of aromatic nitrogens is 1. The number of rotatable bonds is 2. The van der Waals surface area contributed by atoms with E-state index in [9.17, 15) is 0 Å². The third-order valence-corrected chi connectivity index (χ3v) is 1.93. The van der Waals surface area contributed by atoms with Gasteiger partial charge in [-0.3, -0.25) is 0 Å². The van der Waals surface area contributed by atoms with Gasteiger partial charge in [0.05, 0.1) is 13.2 Å². The van der Waals surface area contributed by atoms with Crippen LogP contribution in [0.5, 0.6) is 5.88 Å². The molecule has 1 aromatic heterocycles. The molecule has 0 amide bonds. The van der Waals surface area contributed by atoms with Crippen molar-refractivity contribution >= 4 is 18.1 Å². The lowest BCUT2D eigenvalue weighted by Gasteiger charge is -2.10. The second-order valence-corrected chi connectivity index (χ2v) is 3.03. The van der Waals surface area contributed by atoms with E-state index in [2.05, 4.69) is 4.98 Å². The van der Waals surface area contributed by atoms with Gasteiger partial charge in [-0.1, -0.05) is 0 Å². The Balaban J connectivity index is 0.000000980. The summed E-state index contributed by atoms with van der Waals surface area (Å²) in [7, 11) is 0. The molecule has 4 nitrogen and oxygen atoms in total. The van der Waals surface area contributed by atoms with Crippen molar-refractivity contribution in [2.75, 3.05) is 18.9 Å². The van der Waals surface area contributed by atoms with Gasteiger partial charge >= 0.3 is 0 Å². The van der Waals surface area contributed by atoms with Crippen LogP contribution in [0.3, 0.4) is 0 Å². The second-order valence-electron chi connectivity index (χ2n) is 3.03. The number of pyridine rings is 1. The molecule has 1 aromatic rings. The van der Waals surface area contributed by atoms with Crippen LogP contribution in [0.4, 0.5) is 5.69 Å². The molecule has 0 spiro atoms. The summed E-state index contributed by atoms with van der Waals surface area (Å²) in [5, 5.41) is 0. The van der Waals surface area contributed by atoms with E-state index >= 15 is 0 Å². The van der Waals surface area contributed by atoms with Crippen molar-refractivity contribution in [2.45, 2.75) is 12.5 Å². The molecule has 2 N–H and O–H groups in total. The highest BCUT2D eigenvalue weighted by atomic mass is 35.5. The first-order chi connectivity index (χ1) is 6.34. The van der Waals surface area contributed by atoms with Crippen LogP contribution >= 0.6 is 12.4 Å². The van der Waals surface area contributed by atoms with Crippen molar-refractivity contribution in [3.05, 3.63) is 18.3 Å². The molecule has 1 saturated heterocycles. The SMILES string of the molecule is Cl.Nc1ccnc(OC2CCOC2)c1. The molecule has 1 unspecified atom stereocenters. The molecule has 2 rings (SSSR count). The highest BCUT2D eigenvalue weighted by Crippen LogP contribution is 2.15. The molecule has 0 saturated carbocycles. The topological polar surface area (TPSA) is 57.4 Å². The summed E-state index contributed by atoms with van der Waals surface area (Å²) in [6, 6.07) is 3.45. The molecular weight excluding hydrogens is 204 g/mol. The Hall–Kier alpha value is -1.00. The Morgan fingerprint density at radius 1 is 1.57 bits per heavy atom. The van der Waals surface area contributed by atoms with Crippen molar-refractivity contribution in [1.82, 2.24) is 4.98 Å². The zero-order valence-electron chi connectivity index (χ0n) is 7.68. The number of nitrogens with two attached hydrogens (primary N) is 1. The minimum atomic E-state index is 0. The quantitative estimate of drug-likeness (QED) is 0.809. The van der Waals surface area contributed by atoms with E-state index in [4.69, 9.17) is 15.2 Å². The second kappa shape index (κ2) is 5.02. The van der Waals surface area contributed by atoms with Gasteiger partial charge in [0, 0.05) is 24.4 Å². The first-order valence-electron chi connectivity index (χ1n) is 4.30. The average Bonchev–Trinajstić information content (AvgIpc) is 2.57. The van der Waals surface area contributed by atoms with Crippen LogP contribution in [0.1, 0.15) is 6.42 Å². The van der Waals surface area contributed by atoms with Gasteiger partial charge in [-0.15, -0.1) is 12.4 Å². The van der Waals surface area contributed by atoms with Gasteiger partial charge in [-0.2, -0.15) is 0 Å². The Bertz CT molecular complexity index is 290. The fourth-order valence-corrected chi connectivity index (χ4v) is 1.27. The lowest BCUT2D eigenvalue weighted by Crippen LogP contribution is -2.16. The molecule has 1 aliphatic rings. The van der Waals surface area contributed by atoms with Gasteiger partial charge < -0.3 is 15.2 Å². The molecule has 78 valence electrons. The summed E-state index contributed by atoms with van der Waals surface area (Å²) in [5.41, 5.74) is 6.25. The maximum atomic E-state index is 5.58. The first kappa shape index (κ1) is 11.1. The molecule has 0 aliphatic carbocycles. The van der Waals surface area contributed by atoms with E-state index in [-0.39, 0.29) is 18.5 Å². The van der Waals surface area contributed by atoms with Gasteiger partial charge in [-0.05, 0) is 6.07 Å². The lowest BCUT2D eigenvalue weighted by molar-refractivity contribution is 0.138. The Kier molecular flexibility index (Phi) is 3.98. The monoisotopic (exact) mass is 216 g/mol. The smallest absolute Gasteiger partial charge is 0.215 e. The van der Waals surface area contributed by atoms with E-state index in [0.717, 1.165) is 13.0 Å². The van der Waals surface area contributed by atoms with Crippen molar-refractivity contribution in [3.8, 4) is 5.88 Å². The summed E-state index contributed by atoms with van der Waals surface area (Å²) in [6.07, 6.45) is 2.70. The maximum Gasteiger partial charge on any atom is 0.215 e. The van der Waals surface area contributed by atoms with Crippen LogP contribution in [-0.2, 0) is 4.74 Å². The van der Waals surface area contributed by atoms with Crippen molar-refractivity contribution in [2.24, 2.45) is 0 Å². The van der Waals surface area contributed by atoms with Crippen LogP contribution in [0.15, 0.2) is 18.3 Å². The van der Waals surface area contributed by atoms with E-state index in [0.29, 0.717) is 18.2 Å². The predicted molar refractivity (Wildman–Crippen MR) is 55.7 cm³/mol. The Morgan fingerprint density at radius 2 is 2.43 bits per heavy atom. The minimum absolute atomic E-state index is 0. The zero-order chi connectivity index (χ0) is 9.10. The van der Waals surface area contributed by atoms with Crippen LogP contribution in [-0.4, -0.2) is 24.3 Å². The van der Waals surface area contributed by atoms with Gasteiger partial charge in [-0.25, -0.2) is 4.98 Å². The van der Waals surface area contributed by atoms with Gasteiger partial charge in [0.1, 0.15) is 6.10 Å². The molecule has 1 fully saturated rings. The molecule has 2 heterocycles. The minimum Gasteiger partial charge on any atom is -0.472 e. The Labute approximate surface area is 88.8 Å². The fourth-order valence-electron chi connectivity index (χ4n) is 1.27. The van der Waals surface area contributed by atoms with Gasteiger partial charge in [0.15, 0.2) is 0 Å². The third kappa shape index (κ3) is 2.75. The third-order valence-electron chi connectivity index (χ3n) is 1.93. The lowest BCUT2D eigenvalue weighted by atomic mass is 10.3. The van der Waals surface area contributed by atoms with Crippen LogP contribution < -0.4 is 10.5 Å². The molecular formula is C9H13ClN2O2. The van der Waals surface area contributed by atoms with Crippen LogP contribution in [0.25, 0.3) is 0 Å². The van der Waals surface area contributed by atoms with Crippen molar-refractivity contribution in [3.63, 3.8) is 0 Å².